The maximum Gasteiger partial charge on any atom is 0.354 e. The Bertz CT molecular complexity index is 545. The summed E-state index contributed by atoms with van der Waals surface area (Å²) >= 11 is 0. The zero-order valence-corrected chi connectivity index (χ0v) is 9.10. The Labute approximate surface area is 92.3 Å². The average molecular weight is 220 g/mol. The number of carboxylic acid groups (broad SMARTS) is 1. The molecule has 0 aliphatic carbocycles. The van der Waals surface area contributed by atoms with Gasteiger partial charge in [0.15, 0.2) is 17.1 Å². The SMILES string of the molecule is CCOc1cccn2c(C(=O)O)c(C)nc12. The van der Waals surface area contributed by atoms with Gasteiger partial charge in [0.1, 0.15) is 0 Å². The topological polar surface area (TPSA) is 63.8 Å². The number of ether oxygens (including phenoxy) is 1. The lowest BCUT2D eigenvalue weighted by Gasteiger charge is -2.04. The third-order valence-electron chi connectivity index (χ3n) is 2.29. The molecule has 2 rings (SSSR count). The fourth-order valence-corrected chi connectivity index (χ4v) is 1.68. The summed E-state index contributed by atoms with van der Waals surface area (Å²) in [7, 11) is 0. The van der Waals surface area contributed by atoms with Crippen molar-refractivity contribution in [1.82, 2.24) is 9.38 Å². The highest BCUT2D eigenvalue weighted by Gasteiger charge is 2.17. The summed E-state index contributed by atoms with van der Waals surface area (Å²) in [5.41, 5.74) is 1.20. The molecule has 1 N–H and O–H groups in total. The summed E-state index contributed by atoms with van der Waals surface area (Å²) in [5.74, 6) is -0.390. The van der Waals surface area contributed by atoms with E-state index >= 15 is 0 Å². The fraction of sp³-hybridized carbons (Fsp3) is 0.273. The zero-order chi connectivity index (χ0) is 11.7. The van der Waals surface area contributed by atoms with Crippen molar-refractivity contribution in [1.29, 1.82) is 0 Å². The first-order chi connectivity index (χ1) is 7.65. The number of aromatic carboxylic acids is 1. The van der Waals surface area contributed by atoms with Gasteiger partial charge in [0.2, 0.25) is 0 Å². The monoisotopic (exact) mass is 220 g/mol. The van der Waals surface area contributed by atoms with Crippen LogP contribution < -0.4 is 4.74 Å². The molecule has 0 fully saturated rings. The zero-order valence-electron chi connectivity index (χ0n) is 9.10. The molecule has 2 aromatic rings. The number of hydrogen-bond acceptors (Lipinski definition) is 3. The van der Waals surface area contributed by atoms with Gasteiger partial charge in [-0.3, -0.25) is 4.40 Å². The predicted octanol–water partition coefficient (Wildman–Crippen LogP) is 1.74. The van der Waals surface area contributed by atoms with Crippen LogP contribution in [0.1, 0.15) is 23.1 Å². The van der Waals surface area contributed by atoms with Gasteiger partial charge in [-0.1, -0.05) is 0 Å². The van der Waals surface area contributed by atoms with E-state index in [9.17, 15) is 4.79 Å². The number of aromatic nitrogens is 2. The molecular weight excluding hydrogens is 208 g/mol. The lowest BCUT2D eigenvalue weighted by Crippen LogP contribution is -2.03. The molecule has 0 aliphatic heterocycles. The number of nitrogens with zero attached hydrogens (tertiary/aromatic N) is 2. The van der Waals surface area contributed by atoms with Gasteiger partial charge in [-0.2, -0.15) is 0 Å². The highest BCUT2D eigenvalue weighted by Crippen LogP contribution is 2.21. The molecule has 5 nitrogen and oxygen atoms in total. The number of rotatable bonds is 3. The van der Waals surface area contributed by atoms with Gasteiger partial charge in [-0.05, 0) is 26.0 Å². The second-order valence-electron chi connectivity index (χ2n) is 3.35. The largest absolute Gasteiger partial charge is 0.490 e. The number of imidazole rings is 1. The lowest BCUT2D eigenvalue weighted by atomic mass is 10.3. The van der Waals surface area contributed by atoms with Crippen LogP contribution in [0.25, 0.3) is 5.65 Å². The molecule has 0 unspecified atom stereocenters. The summed E-state index contributed by atoms with van der Waals surface area (Å²) < 4.78 is 6.92. The van der Waals surface area contributed by atoms with Crippen molar-refractivity contribution in [3.05, 3.63) is 29.7 Å². The summed E-state index contributed by atoms with van der Waals surface area (Å²) in [6.07, 6.45) is 1.67. The van der Waals surface area contributed by atoms with Crippen molar-refractivity contribution >= 4 is 11.6 Å². The number of carboxylic acids is 1. The van der Waals surface area contributed by atoms with Crippen LogP contribution in [0.15, 0.2) is 18.3 Å². The van der Waals surface area contributed by atoms with E-state index in [-0.39, 0.29) is 5.69 Å². The molecule has 0 atom stereocenters. The Balaban J connectivity index is 2.72. The standard InChI is InChI=1S/C11H12N2O3/c1-3-16-8-5-4-6-13-9(11(14)15)7(2)12-10(8)13/h4-6H,3H2,1-2H3,(H,14,15). The van der Waals surface area contributed by atoms with Crippen LogP contribution in [-0.2, 0) is 0 Å². The minimum Gasteiger partial charge on any atom is -0.490 e. The van der Waals surface area contributed by atoms with Gasteiger partial charge in [-0.25, -0.2) is 9.78 Å². The molecule has 0 saturated heterocycles. The Morgan fingerprint density at radius 3 is 3.00 bits per heavy atom. The van der Waals surface area contributed by atoms with Gasteiger partial charge in [0, 0.05) is 6.20 Å². The molecule has 16 heavy (non-hydrogen) atoms. The van der Waals surface area contributed by atoms with Crippen LogP contribution in [0.5, 0.6) is 5.75 Å². The van der Waals surface area contributed by atoms with Crippen molar-refractivity contribution < 1.29 is 14.6 Å². The minimum absolute atomic E-state index is 0.177. The maximum absolute atomic E-state index is 11.1. The smallest absolute Gasteiger partial charge is 0.354 e. The second kappa shape index (κ2) is 3.84. The molecule has 0 spiro atoms. The van der Waals surface area contributed by atoms with Crippen LogP contribution in [0.2, 0.25) is 0 Å². The van der Waals surface area contributed by atoms with Gasteiger partial charge < -0.3 is 9.84 Å². The molecule has 2 heterocycles. The molecule has 0 radical (unpaired) electrons. The second-order valence-corrected chi connectivity index (χ2v) is 3.35. The van der Waals surface area contributed by atoms with Crippen LogP contribution in [-0.4, -0.2) is 27.1 Å². The molecule has 0 aromatic carbocycles. The van der Waals surface area contributed by atoms with Crippen LogP contribution >= 0.6 is 0 Å². The normalized spacial score (nSPS) is 10.6. The lowest BCUT2D eigenvalue weighted by molar-refractivity contribution is 0.0688. The van der Waals surface area contributed by atoms with Crippen molar-refractivity contribution in [2.75, 3.05) is 6.61 Å². The number of aryl methyl sites for hydroxylation is 1. The Morgan fingerprint density at radius 2 is 2.38 bits per heavy atom. The highest BCUT2D eigenvalue weighted by molar-refractivity contribution is 5.88. The van der Waals surface area contributed by atoms with Gasteiger partial charge in [0.05, 0.1) is 12.3 Å². The third kappa shape index (κ3) is 1.50. The van der Waals surface area contributed by atoms with E-state index < -0.39 is 5.97 Å². The predicted molar refractivity (Wildman–Crippen MR) is 58.1 cm³/mol. The van der Waals surface area contributed by atoms with Crippen molar-refractivity contribution in [2.24, 2.45) is 0 Å². The number of carbonyl (C=O) groups is 1. The summed E-state index contributed by atoms with van der Waals surface area (Å²) in [5, 5.41) is 9.07. The first kappa shape index (κ1) is 10.5. The molecule has 84 valence electrons. The highest BCUT2D eigenvalue weighted by atomic mass is 16.5. The first-order valence-corrected chi connectivity index (χ1v) is 4.99. The number of fused-ring (bicyclic) bond motifs is 1. The Kier molecular flexibility index (Phi) is 2.52. The van der Waals surface area contributed by atoms with Crippen LogP contribution in [0.3, 0.4) is 0 Å². The van der Waals surface area contributed by atoms with E-state index in [4.69, 9.17) is 9.84 Å². The van der Waals surface area contributed by atoms with E-state index in [0.29, 0.717) is 23.7 Å². The third-order valence-corrected chi connectivity index (χ3v) is 2.29. The number of pyridine rings is 1. The van der Waals surface area contributed by atoms with E-state index in [1.807, 2.05) is 6.92 Å². The van der Waals surface area contributed by atoms with E-state index in [0.717, 1.165) is 0 Å². The molecule has 0 saturated carbocycles. The Morgan fingerprint density at radius 1 is 1.62 bits per heavy atom. The first-order valence-electron chi connectivity index (χ1n) is 4.99. The van der Waals surface area contributed by atoms with E-state index in [1.165, 1.54) is 4.40 Å². The molecule has 0 amide bonds. The van der Waals surface area contributed by atoms with E-state index in [1.54, 1.807) is 25.3 Å². The van der Waals surface area contributed by atoms with Crippen LogP contribution in [0.4, 0.5) is 0 Å². The molecule has 5 heteroatoms. The van der Waals surface area contributed by atoms with Crippen molar-refractivity contribution in [3.63, 3.8) is 0 Å². The number of hydrogen-bond donors (Lipinski definition) is 1. The molecular formula is C11H12N2O3. The Hall–Kier alpha value is -2.04. The molecule has 2 aromatic heterocycles. The van der Waals surface area contributed by atoms with Crippen molar-refractivity contribution in [3.8, 4) is 5.75 Å². The molecule has 0 aliphatic rings. The quantitative estimate of drug-likeness (QED) is 0.855. The van der Waals surface area contributed by atoms with Crippen LogP contribution in [0, 0.1) is 6.92 Å². The maximum atomic E-state index is 11.1. The summed E-state index contributed by atoms with van der Waals surface area (Å²) in [6, 6.07) is 3.52. The van der Waals surface area contributed by atoms with Gasteiger partial charge in [-0.15, -0.1) is 0 Å². The average Bonchev–Trinajstić information content (AvgIpc) is 2.55. The minimum atomic E-state index is -0.987. The van der Waals surface area contributed by atoms with E-state index in [2.05, 4.69) is 4.98 Å². The summed E-state index contributed by atoms with van der Waals surface area (Å²) in [6.45, 7) is 4.07. The summed E-state index contributed by atoms with van der Waals surface area (Å²) in [4.78, 5) is 15.3. The molecule has 0 bridgehead atoms. The van der Waals surface area contributed by atoms with Gasteiger partial charge >= 0.3 is 5.97 Å². The fourth-order valence-electron chi connectivity index (χ4n) is 1.68. The van der Waals surface area contributed by atoms with Crippen molar-refractivity contribution in [2.45, 2.75) is 13.8 Å². The van der Waals surface area contributed by atoms with Gasteiger partial charge in [0.25, 0.3) is 0 Å².